The quantitative estimate of drug-likeness (QED) is 0.752. The van der Waals surface area contributed by atoms with E-state index < -0.39 is 0 Å². The van der Waals surface area contributed by atoms with Crippen molar-refractivity contribution in [3.63, 3.8) is 0 Å². The second-order valence-electron chi connectivity index (χ2n) is 6.71. The summed E-state index contributed by atoms with van der Waals surface area (Å²) in [7, 11) is 4.29. The summed E-state index contributed by atoms with van der Waals surface area (Å²) in [6, 6.07) is 1.18. The van der Waals surface area contributed by atoms with Gasteiger partial charge in [0.25, 0.3) is 0 Å². The zero-order valence-electron chi connectivity index (χ0n) is 12.6. The van der Waals surface area contributed by atoms with Crippen molar-refractivity contribution < 1.29 is 0 Å². The smallest absolute Gasteiger partial charge is 0.0130 e. The van der Waals surface area contributed by atoms with Crippen molar-refractivity contribution in [2.24, 2.45) is 11.3 Å². The third-order valence-corrected chi connectivity index (χ3v) is 3.37. The summed E-state index contributed by atoms with van der Waals surface area (Å²) in [6.07, 6.45) is 1.22. The fourth-order valence-corrected chi connectivity index (χ4v) is 1.66. The lowest BCUT2D eigenvalue weighted by Crippen LogP contribution is -2.47. The first-order valence-electron chi connectivity index (χ1n) is 6.55. The highest BCUT2D eigenvalue weighted by atomic mass is 15.1. The Bertz CT molecular complexity index is 180. The normalized spacial score (nSPS) is 16.9. The van der Waals surface area contributed by atoms with E-state index in [0.717, 1.165) is 6.54 Å². The standard InChI is InChI=1S/C14H32N2/c1-11(2)12(3)15-13(14(4,5)6)9-10-16(7)8/h11-13,15H,9-10H2,1-8H3. The largest absolute Gasteiger partial charge is 0.311 e. The van der Waals surface area contributed by atoms with Crippen LogP contribution in [0.4, 0.5) is 0 Å². The van der Waals surface area contributed by atoms with Gasteiger partial charge in [-0.3, -0.25) is 0 Å². The third-order valence-electron chi connectivity index (χ3n) is 3.37. The third kappa shape index (κ3) is 6.49. The summed E-state index contributed by atoms with van der Waals surface area (Å²) in [5, 5.41) is 3.79. The average Bonchev–Trinajstić information content (AvgIpc) is 2.09. The Morgan fingerprint density at radius 3 is 1.88 bits per heavy atom. The van der Waals surface area contributed by atoms with Gasteiger partial charge in [-0.25, -0.2) is 0 Å². The van der Waals surface area contributed by atoms with Gasteiger partial charge < -0.3 is 10.2 Å². The molecule has 0 radical (unpaired) electrons. The van der Waals surface area contributed by atoms with E-state index in [9.17, 15) is 0 Å². The number of rotatable bonds is 6. The van der Waals surface area contributed by atoms with Crippen molar-refractivity contribution in [1.82, 2.24) is 10.2 Å². The molecule has 0 aromatic rings. The Labute approximate surface area is 103 Å². The molecule has 2 unspecified atom stereocenters. The van der Waals surface area contributed by atoms with Crippen molar-refractivity contribution in [3.05, 3.63) is 0 Å². The monoisotopic (exact) mass is 228 g/mol. The van der Waals surface area contributed by atoms with E-state index in [1.54, 1.807) is 0 Å². The Morgan fingerprint density at radius 2 is 1.56 bits per heavy atom. The minimum absolute atomic E-state index is 0.332. The van der Waals surface area contributed by atoms with E-state index in [1.807, 2.05) is 0 Å². The van der Waals surface area contributed by atoms with Crippen molar-refractivity contribution in [2.45, 2.75) is 60.0 Å². The van der Waals surface area contributed by atoms with Crippen molar-refractivity contribution in [2.75, 3.05) is 20.6 Å². The summed E-state index contributed by atoms with van der Waals surface area (Å²) >= 11 is 0. The summed E-state index contributed by atoms with van der Waals surface area (Å²) in [6.45, 7) is 15.0. The Morgan fingerprint density at radius 1 is 1.06 bits per heavy atom. The van der Waals surface area contributed by atoms with Crippen molar-refractivity contribution in [3.8, 4) is 0 Å². The van der Waals surface area contributed by atoms with E-state index in [0.29, 0.717) is 23.4 Å². The average molecular weight is 228 g/mol. The van der Waals surface area contributed by atoms with E-state index in [4.69, 9.17) is 0 Å². The van der Waals surface area contributed by atoms with Crippen LogP contribution in [0, 0.1) is 11.3 Å². The summed E-state index contributed by atoms with van der Waals surface area (Å²) in [5.41, 5.74) is 0.332. The molecule has 2 heteroatoms. The van der Waals surface area contributed by atoms with Crippen LogP contribution in [-0.2, 0) is 0 Å². The first-order chi connectivity index (χ1) is 7.14. The van der Waals surface area contributed by atoms with Crippen LogP contribution in [0.5, 0.6) is 0 Å². The van der Waals surface area contributed by atoms with Crippen LogP contribution < -0.4 is 5.32 Å². The molecular weight excluding hydrogens is 196 g/mol. The first kappa shape index (κ1) is 15.9. The number of nitrogens with zero attached hydrogens (tertiary/aromatic N) is 1. The molecule has 0 aromatic heterocycles. The minimum Gasteiger partial charge on any atom is -0.311 e. The van der Waals surface area contributed by atoms with Crippen LogP contribution in [0.3, 0.4) is 0 Å². The predicted octanol–water partition coefficient (Wildman–Crippen LogP) is 2.99. The van der Waals surface area contributed by atoms with Crippen LogP contribution in [-0.4, -0.2) is 37.6 Å². The lowest BCUT2D eigenvalue weighted by Gasteiger charge is -2.36. The molecule has 0 saturated heterocycles. The molecule has 0 saturated carbocycles. The molecule has 0 aliphatic carbocycles. The molecule has 0 aliphatic heterocycles. The first-order valence-corrected chi connectivity index (χ1v) is 6.55. The Kier molecular flexibility index (Phi) is 6.57. The van der Waals surface area contributed by atoms with Gasteiger partial charge in [-0.2, -0.15) is 0 Å². The number of nitrogens with one attached hydrogen (secondary N) is 1. The van der Waals surface area contributed by atoms with Crippen LogP contribution in [0.1, 0.15) is 48.0 Å². The molecule has 0 aromatic carbocycles. The SMILES string of the molecule is CC(C)C(C)NC(CCN(C)C)C(C)(C)C. The zero-order valence-corrected chi connectivity index (χ0v) is 12.6. The van der Waals surface area contributed by atoms with Gasteiger partial charge in [-0.1, -0.05) is 34.6 Å². The molecule has 0 rings (SSSR count). The Hall–Kier alpha value is -0.0800. The zero-order chi connectivity index (χ0) is 12.9. The maximum atomic E-state index is 3.79. The van der Waals surface area contributed by atoms with Crippen LogP contribution >= 0.6 is 0 Å². The van der Waals surface area contributed by atoms with Crippen molar-refractivity contribution >= 4 is 0 Å². The highest BCUT2D eigenvalue weighted by Crippen LogP contribution is 2.23. The molecule has 16 heavy (non-hydrogen) atoms. The lowest BCUT2D eigenvalue weighted by molar-refractivity contribution is 0.205. The number of hydrogen-bond donors (Lipinski definition) is 1. The molecule has 0 heterocycles. The van der Waals surface area contributed by atoms with Gasteiger partial charge >= 0.3 is 0 Å². The van der Waals surface area contributed by atoms with Crippen LogP contribution in [0.25, 0.3) is 0 Å². The fraction of sp³-hybridized carbons (Fsp3) is 1.00. The molecule has 0 aliphatic rings. The maximum Gasteiger partial charge on any atom is 0.0130 e. The summed E-state index contributed by atoms with van der Waals surface area (Å²) < 4.78 is 0. The summed E-state index contributed by atoms with van der Waals surface area (Å²) in [5.74, 6) is 0.698. The molecule has 0 bridgehead atoms. The number of hydrogen-bond acceptors (Lipinski definition) is 2. The van der Waals surface area contributed by atoms with E-state index >= 15 is 0 Å². The molecule has 0 fully saturated rings. The topological polar surface area (TPSA) is 15.3 Å². The van der Waals surface area contributed by atoms with Crippen molar-refractivity contribution in [1.29, 1.82) is 0 Å². The van der Waals surface area contributed by atoms with Gasteiger partial charge in [-0.15, -0.1) is 0 Å². The molecule has 2 nitrogen and oxygen atoms in total. The van der Waals surface area contributed by atoms with Gasteiger partial charge in [0.05, 0.1) is 0 Å². The Balaban J connectivity index is 4.33. The van der Waals surface area contributed by atoms with Gasteiger partial charge in [-0.05, 0) is 45.3 Å². The van der Waals surface area contributed by atoms with Gasteiger partial charge in [0.1, 0.15) is 0 Å². The minimum atomic E-state index is 0.332. The lowest BCUT2D eigenvalue weighted by atomic mass is 9.83. The fourth-order valence-electron chi connectivity index (χ4n) is 1.66. The van der Waals surface area contributed by atoms with Gasteiger partial charge in [0.2, 0.25) is 0 Å². The molecule has 1 N–H and O–H groups in total. The van der Waals surface area contributed by atoms with Crippen LogP contribution in [0.15, 0.2) is 0 Å². The van der Waals surface area contributed by atoms with E-state index in [-0.39, 0.29) is 0 Å². The molecule has 0 spiro atoms. The van der Waals surface area contributed by atoms with Gasteiger partial charge in [0, 0.05) is 12.1 Å². The predicted molar refractivity (Wildman–Crippen MR) is 73.8 cm³/mol. The second kappa shape index (κ2) is 6.61. The van der Waals surface area contributed by atoms with Crippen LogP contribution in [0.2, 0.25) is 0 Å². The second-order valence-corrected chi connectivity index (χ2v) is 6.71. The molecule has 0 amide bonds. The molecular formula is C14H32N2. The summed E-state index contributed by atoms with van der Waals surface area (Å²) in [4.78, 5) is 2.26. The highest BCUT2D eigenvalue weighted by Gasteiger charge is 2.26. The molecule has 2 atom stereocenters. The maximum absolute atomic E-state index is 3.79. The molecule has 98 valence electrons. The highest BCUT2D eigenvalue weighted by molar-refractivity contribution is 4.84. The van der Waals surface area contributed by atoms with E-state index in [1.165, 1.54) is 6.42 Å². The van der Waals surface area contributed by atoms with Gasteiger partial charge in [0.15, 0.2) is 0 Å². The van der Waals surface area contributed by atoms with E-state index in [2.05, 4.69) is 65.9 Å².